The predicted molar refractivity (Wildman–Crippen MR) is 64.5 cm³/mol. The Morgan fingerprint density at radius 1 is 1.16 bits per heavy atom. The molecule has 0 radical (unpaired) electrons. The second-order valence-corrected chi connectivity index (χ2v) is 4.02. The molecule has 0 aliphatic heterocycles. The molecule has 0 heterocycles. The third kappa shape index (κ3) is 3.17. The van der Waals surface area contributed by atoms with Gasteiger partial charge in [0.1, 0.15) is 11.6 Å². The van der Waals surface area contributed by atoms with E-state index < -0.39 is 16.6 Å². The summed E-state index contributed by atoms with van der Waals surface area (Å²) in [7, 11) is 0. The van der Waals surface area contributed by atoms with Gasteiger partial charge in [-0.1, -0.05) is 11.6 Å². The molecule has 0 aliphatic rings. The Morgan fingerprint density at radius 3 is 2.53 bits per heavy atom. The number of nitro benzene ring substituents is 1. The number of halogens is 3. The fourth-order valence-electron chi connectivity index (χ4n) is 1.40. The lowest BCUT2D eigenvalue weighted by molar-refractivity contribution is -0.384. The highest BCUT2D eigenvalue weighted by molar-refractivity contribution is 6.30. The molecule has 0 saturated carbocycles. The van der Waals surface area contributed by atoms with Crippen molar-refractivity contribution in [1.29, 1.82) is 0 Å². The van der Waals surface area contributed by atoms with Crippen LogP contribution in [0.25, 0.3) is 0 Å². The van der Waals surface area contributed by atoms with Crippen LogP contribution in [0.5, 0.6) is 11.5 Å². The Balaban J connectivity index is 2.35. The lowest BCUT2D eigenvalue weighted by atomic mass is 10.3. The van der Waals surface area contributed by atoms with Crippen LogP contribution in [0, 0.1) is 21.7 Å². The van der Waals surface area contributed by atoms with Crippen molar-refractivity contribution < 1.29 is 18.4 Å². The van der Waals surface area contributed by atoms with Gasteiger partial charge in [0.15, 0.2) is 11.6 Å². The zero-order valence-electron chi connectivity index (χ0n) is 9.27. The molecule has 0 saturated heterocycles. The summed E-state index contributed by atoms with van der Waals surface area (Å²) < 4.78 is 31.2. The van der Waals surface area contributed by atoms with Crippen LogP contribution < -0.4 is 4.74 Å². The Kier molecular flexibility index (Phi) is 3.62. The van der Waals surface area contributed by atoms with Crippen LogP contribution in [0.15, 0.2) is 36.4 Å². The number of non-ortho nitro benzene ring substituents is 1. The third-order valence-corrected chi connectivity index (χ3v) is 2.41. The van der Waals surface area contributed by atoms with Crippen LogP contribution in [0.3, 0.4) is 0 Å². The van der Waals surface area contributed by atoms with Gasteiger partial charge < -0.3 is 4.74 Å². The highest BCUT2D eigenvalue weighted by atomic mass is 35.5. The zero-order valence-corrected chi connectivity index (χ0v) is 10.0. The fraction of sp³-hybridized carbons (Fsp3) is 0. The molecule has 0 atom stereocenters. The summed E-state index contributed by atoms with van der Waals surface area (Å²) in [5.41, 5.74) is -0.287. The molecule has 2 aromatic rings. The van der Waals surface area contributed by atoms with E-state index in [0.29, 0.717) is 6.07 Å². The minimum atomic E-state index is -0.914. The molecule has 0 spiro atoms. The van der Waals surface area contributed by atoms with Crippen molar-refractivity contribution >= 4 is 17.3 Å². The van der Waals surface area contributed by atoms with Crippen LogP contribution >= 0.6 is 11.6 Å². The normalized spacial score (nSPS) is 10.3. The summed E-state index contributed by atoms with van der Waals surface area (Å²) in [5, 5.41) is 10.7. The van der Waals surface area contributed by atoms with Gasteiger partial charge in [0.2, 0.25) is 0 Å². The summed E-state index contributed by atoms with van der Waals surface area (Å²) >= 11 is 5.69. The van der Waals surface area contributed by atoms with E-state index in [1.807, 2.05) is 0 Å². The standard InChI is InChI=1S/C12H6ClF2NO3/c13-7-3-9(16(17)18)6-10(4-7)19-12-2-1-8(14)5-11(12)15/h1-6H. The Hall–Kier alpha value is -2.21. The molecule has 0 bridgehead atoms. The molecule has 19 heavy (non-hydrogen) atoms. The van der Waals surface area contributed by atoms with E-state index in [9.17, 15) is 18.9 Å². The molecule has 98 valence electrons. The number of ether oxygens (including phenoxy) is 1. The maximum Gasteiger partial charge on any atom is 0.274 e. The maximum absolute atomic E-state index is 13.4. The number of benzene rings is 2. The van der Waals surface area contributed by atoms with Gasteiger partial charge in [-0.15, -0.1) is 0 Å². The first-order chi connectivity index (χ1) is 8.95. The lowest BCUT2D eigenvalue weighted by Gasteiger charge is -2.07. The summed E-state index contributed by atoms with van der Waals surface area (Å²) in [4.78, 5) is 9.98. The van der Waals surface area contributed by atoms with Gasteiger partial charge in [0.05, 0.1) is 16.0 Å². The van der Waals surface area contributed by atoms with Crippen molar-refractivity contribution in [2.75, 3.05) is 0 Å². The summed E-state index contributed by atoms with van der Waals surface area (Å²) in [6.07, 6.45) is 0. The van der Waals surface area contributed by atoms with Gasteiger partial charge in [-0.05, 0) is 18.2 Å². The average molecular weight is 286 g/mol. The van der Waals surface area contributed by atoms with Crippen LogP contribution in [-0.4, -0.2) is 4.92 Å². The Labute approximate surface area is 111 Å². The quantitative estimate of drug-likeness (QED) is 0.623. The highest BCUT2D eigenvalue weighted by Gasteiger charge is 2.12. The molecular formula is C12H6ClF2NO3. The number of hydrogen-bond acceptors (Lipinski definition) is 3. The average Bonchev–Trinajstić information content (AvgIpc) is 2.32. The Morgan fingerprint density at radius 2 is 1.89 bits per heavy atom. The zero-order chi connectivity index (χ0) is 14.0. The molecule has 2 aromatic carbocycles. The molecule has 0 aliphatic carbocycles. The first-order valence-corrected chi connectivity index (χ1v) is 5.41. The van der Waals surface area contributed by atoms with Crippen LogP contribution in [0.2, 0.25) is 5.02 Å². The minimum Gasteiger partial charge on any atom is -0.454 e. The third-order valence-electron chi connectivity index (χ3n) is 2.19. The first kappa shape index (κ1) is 13.2. The minimum absolute atomic E-state index is 0.00953. The van der Waals surface area contributed by atoms with Crippen molar-refractivity contribution in [2.45, 2.75) is 0 Å². The maximum atomic E-state index is 13.4. The van der Waals surface area contributed by atoms with Gasteiger partial charge in [-0.3, -0.25) is 10.1 Å². The first-order valence-electron chi connectivity index (χ1n) is 5.03. The lowest BCUT2D eigenvalue weighted by Crippen LogP contribution is -1.92. The molecule has 7 heteroatoms. The highest BCUT2D eigenvalue weighted by Crippen LogP contribution is 2.30. The van der Waals surface area contributed by atoms with Crippen molar-refractivity contribution in [3.8, 4) is 11.5 Å². The summed E-state index contributed by atoms with van der Waals surface area (Å²) in [6, 6.07) is 6.25. The predicted octanol–water partition coefficient (Wildman–Crippen LogP) is 4.32. The molecule has 2 rings (SSSR count). The number of hydrogen-bond donors (Lipinski definition) is 0. The van der Waals surface area contributed by atoms with E-state index in [0.717, 1.165) is 24.3 Å². The van der Waals surface area contributed by atoms with E-state index in [4.69, 9.17) is 16.3 Å². The van der Waals surface area contributed by atoms with E-state index in [1.165, 1.54) is 6.07 Å². The van der Waals surface area contributed by atoms with E-state index in [2.05, 4.69) is 0 Å². The smallest absolute Gasteiger partial charge is 0.274 e. The SMILES string of the molecule is O=[N+]([O-])c1cc(Cl)cc(Oc2ccc(F)cc2F)c1. The van der Waals surface area contributed by atoms with Gasteiger partial charge in [0, 0.05) is 12.1 Å². The van der Waals surface area contributed by atoms with Crippen molar-refractivity contribution in [1.82, 2.24) is 0 Å². The van der Waals surface area contributed by atoms with Gasteiger partial charge in [0.25, 0.3) is 5.69 Å². The van der Waals surface area contributed by atoms with Gasteiger partial charge in [-0.2, -0.15) is 0 Å². The van der Waals surface area contributed by atoms with Gasteiger partial charge >= 0.3 is 0 Å². The largest absolute Gasteiger partial charge is 0.454 e. The van der Waals surface area contributed by atoms with Crippen LogP contribution in [0.4, 0.5) is 14.5 Å². The Bertz CT molecular complexity index is 649. The van der Waals surface area contributed by atoms with Crippen molar-refractivity contribution in [3.05, 3.63) is 63.2 Å². The second kappa shape index (κ2) is 5.19. The van der Waals surface area contributed by atoms with Crippen LogP contribution in [-0.2, 0) is 0 Å². The molecule has 0 fully saturated rings. The number of nitro groups is 1. The summed E-state index contributed by atoms with van der Waals surface area (Å²) in [5.74, 6) is -1.92. The van der Waals surface area contributed by atoms with Gasteiger partial charge in [-0.25, -0.2) is 8.78 Å². The topological polar surface area (TPSA) is 52.4 Å². The molecule has 0 unspecified atom stereocenters. The van der Waals surface area contributed by atoms with E-state index in [-0.39, 0.29) is 22.2 Å². The van der Waals surface area contributed by atoms with E-state index in [1.54, 1.807) is 0 Å². The van der Waals surface area contributed by atoms with Crippen molar-refractivity contribution in [3.63, 3.8) is 0 Å². The second-order valence-electron chi connectivity index (χ2n) is 3.58. The number of rotatable bonds is 3. The molecular weight excluding hydrogens is 280 g/mol. The molecule has 0 amide bonds. The molecule has 0 aromatic heterocycles. The van der Waals surface area contributed by atoms with E-state index >= 15 is 0 Å². The summed E-state index contributed by atoms with van der Waals surface area (Å²) in [6.45, 7) is 0. The monoisotopic (exact) mass is 285 g/mol. The fourth-order valence-corrected chi connectivity index (χ4v) is 1.62. The van der Waals surface area contributed by atoms with Crippen molar-refractivity contribution in [2.24, 2.45) is 0 Å². The number of nitrogens with zero attached hydrogens (tertiary/aromatic N) is 1. The van der Waals surface area contributed by atoms with Crippen LogP contribution in [0.1, 0.15) is 0 Å². The molecule has 4 nitrogen and oxygen atoms in total. The molecule has 0 N–H and O–H groups in total.